The molecule has 3 atom stereocenters. The minimum Gasteiger partial charge on any atom is -0.346 e. The number of aryl methyl sites for hydroxylation is 1. The van der Waals surface area contributed by atoms with Crippen LogP contribution in [-0.2, 0) is 11.5 Å². The van der Waals surface area contributed by atoms with Gasteiger partial charge in [-0.2, -0.15) is 15.0 Å². The van der Waals surface area contributed by atoms with Crippen LogP contribution in [-0.4, -0.2) is 96.5 Å². The number of imidazole rings is 1. The minimum absolute atomic E-state index is 0.0232. The minimum atomic E-state index is -0.195. The van der Waals surface area contributed by atoms with E-state index in [9.17, 15) is 9.59 Å². The zero-order valence-corrected chi connectivity index (χ0v) is 22.3. The lowest BCUT2D eigenvalue weighted by molar-refractivity contribution is -0.130. The van der Waals surface area contributed by atoms with E-state index in [2.05, 4.69) is 50.2 Å². The van der Waals surface area contributed by atoms with Gasteiger partial charge in [-0.15, -0.1) is 0 Å². The molecular formula is C25H36N10O2. The van der Waals surface area contributed by atoms with Gasteiger partial charge in [-0.1, -0.05) is 18.7 Å². The van der Waals surface area contributed by atoms with Crippen molar-refractivity contribution in [2.45, 2.75) is 52.5 Å². The highest BCUT2D eigenvalue weighted by Gasteiger charge is 2.38. The fraction of sp³-hybridized carbons (Fsp3) is 0.520. The van der Waals surface area contributed by atoms with Gasteiger partial charge in [-0.3, -0.25) is 14.6 Å². The molecule has 4 rings (SSSR count). The molecule has 2 aromatic rings. The van der Waals surface area contributed by atoms with E-state index in [4.69, 9.17) is 0 Å². The molecule has 12 nitrogen and oxygen atoms in total. The molecule has 2 saturated heterocycles. The lowest BCUT2D eigenvalue weighted by Crippen LogP contribution is -2.53. The van der Waals surface area contributed by atoms with Crippen LogP contribution in [0.15, 0.2) is 37.3 Å². The third kappa shape index (κ3) is 5.63. The number of aromatic nitrogens is 5. The van der Waals surface area contributed by atoms with E-state index < -0.39 is 0 Å². The number of nitrogens with zero attached hydrogens (tertiary/aromatic N) is 9. The van der Waals surface area contributed by atoms with Gasteiger partial charge in [0.25, 0.3) is 0 Å². The number of nitrogens with one attached hydrogen (secondary N) is 1. The molecule has 0 saturated carbocycles. The first-order valence-electron chi connectivity index (χ1n) is 12.4. The molecule has 0 aromatic carbocycles. The monoisotopic (exact) mass is 508 g/mol. The predicted octanol–water partition coefficient (Wildman–Crippen LogP) is 2.04. The average Bonchev–Trinajstić information content (AvgIpc) is 3.43. The maximum atomic E-state index is 12.8. The quantitative estimate of drug-likeness (QED) is 0.426. The van der Waals surface area contributed by atoms with Gasteiger partial charge in [0.2, 0.25) is 17.8 Å². The molecule has 0 unspecified atom stereocenters. The Kier molecular flexibility index (Phi) is 7.58. The summed E-state index contributed by atoms with van der Waals surface area (Å²) in [5.41, 5.74) is 1.71. The van der Waals surface area contributed by atoms with Gasteiger partial charge in [0.05, 0.1) is 30.8 Å². The van der Waals surface area contributed by atoms with Crippen LogP contribution in [0.5, 0.6) is 0 Å². The normalized spacial score (nSPS) is 21.3. The summed E-state index contributed by atoms with van der Waals surface area (Å²) in [7, 11) is 1.76. The van der Waals surface area contributed by atoms with E-state index in [0.717, 1.165) is 24.4 Å². The number of anilines is 2. The molecule has 0 bridgehead atoms. The second kappa shape index (κ2) is 10.7. The summed E-state index contributed by atoms with van der Waals surface area (Å²) in [6, 6.07) is -0.415. The number of hydrogen-bond acceptors (Lipinski definition) is 8. The van der Waals surface area contributed by atoms with Crippen LogP contribution in [0.1, 0.15) is 38.3 Å². The zero-order valence-electron chi connectivity index (χ0n) is 22.3. The van der Waals surface area contributed by atoms with Crippen molar-refractivity contribution in [3.63, 3.8) is 0 Å². The van der Waals surface area contributed by atoms with E-state index in [1.54, 1.807) is 30.1 Å². The molecule has 0 radical (unpaired) electrons. The van der Waals surface area contributed by atoms with Gasteiger partial charge in [0.1, 0.15) is 5.82 Å². The highest BCUT2D eigenvalue weighted by molar-refractivity contribution is 5.94. The van der Waals surface area contributed by atoms with Crippen molar-refractivity contribution in [3.8, 4) is 0 Å². The summed E-state index contributed by atoms with van der Waals surface area (Å²) >= 11 is 0. The maximum Gasteiger partial charge on any atom is 0.327 e. The van der Waals surface area contributed by atoms with Crippen molar-refractivity contribution in [2.75, 3.05) is 43.4 Å². The SMILES string of the molecule is C=CC(=O)N1CCN(Cn2cnc([C@H](C)Nc3nc(C)nc(N4C(=O)N(C)C[C@@H]4C(=C)C)n3)c2)C[C@@H]1C. The number of piperazine rings is 1. The second-order valence-electron chi connectivity index (χ2n) is 9.88. The first kappa shape index (κ1) is 26.3. The van der Waals surface area contributed by atoms with Crippen LogP contribution < -0.4 is 10.2 Å². The van der Waals surface area contributed by atoms with Crippen molar-refractivity contribution >= 4 is 23.8 Å². The molecule has 2 aliphatic rings. The summed E-state index contributed by atoms with van der Waals surface area (Å²) in [5.74, 6) is 1.17. The van der Waals surface area contributed by atoms with Crippen molar-refractivity contribution in [1.82, 2.24) is 39.2 Å². The smallest absolute Gasteiger partial charge is 0.327 e. The molecular weight excluding hydrogens is 472 g/mol. The largest absolute Gasteiger partial charge is 0.346 e. The van der Waals surface area contributed by atoms with Gasteiger partial charge in [0.15, 0.2) is 0 Å². The third-order valence-electron chi connectivity index (χ3n) is 6.79. The first-order chi connectivity index (χ1) is 17.6. The van der Waals surface area contributed by atoms with E-state index in [1.165, 1.54) is 6.08 Å². The fourth-order valence-corrected chi connectivity index (χ4v) is 4.76. The summed E-state index contributed by atoms with van der Waals surface area (Å²) in [4.78, 5) is 50.1. The Morgan fingerprint density at radius 1 is 1.27 bits per heavy atom. The lowest BCUT2D eigenvalue weighted by atomic mass is 10.1. The van der Waals surface area contributed by atoms with Gasteiger partial charge in [0, 0.05) is 45.5 Å². The number of carbonyl (C=O) groups is 2. The van der Waals surface area contributed by atoms with Crippen LogP contribution in [0.2, 0.25) is 0 Å². The molecule has 198 valence electrons. The molecule has 12 heteroatoms. The van der Waals surface area contributed by atoms with Gasteiger partial charge >= 0.3 is 6.03 Å². The molecule has 0 spiro atoms. The maximum absolute atomic E-state index is 12.8. The Morgan fingerprint density at radius 3 is 2.70 bits per heavy atom. The molecule has 3 amide bonds. The average molecular weight is 509 g/mol. The van der Waals surface area contributed by atoms with Crippen molar-refractivity contribution in [3.05, 3.63) is 48.8 Å². The van der Waals surface area contributed by atoms with Crippen LogP contribution in [0.25, 0.3) is 0 Å². The number of hydrogen-bond donors (Lipinski definition) is 1. The van der Waals surface area contributed by atoms with E-state index in [0.29, 0.717) is 37.5 Å². The topological polar surface area (TPSA) is 116 Å². The van der Waals surface area contributed by atoms with Crippen LogP contribution >= 0.6 is 0 Å². The standard InChI is InChI=1S/C25H36N10O2/c1-8-22(36)34-10-9-32(11-17(34)4)15-33-12-20(26-14-33)18(5)27-23-28-19(6)29-24(30-23)35-21(16(2)3)13-31(7)25(35)37/h8,12,14,17-18,21H,1-2,9-11,13,15H2,3-7H3,(H,27,28,29,30)/t17-,18-,21+/m0/s1. The molecule has 4 heterocycles. The fourth-order valence-electron chi connectivity index (χ4n) is 4.76. The van der Waals surface area contributed by atoms with Gasteiger partial charge in [-0.05, 0) is 33.8 Å². The number of urea groups is 1. The van der Waals surface area contributed by atoms with Crippen LogP contribution in [0.4, 0.5) is 16.7 Å². The third-order valence-corrected chi connectivity index (χ3v) is 6.79. The molecule has 2 aromatic heterocycles. The molecule has 37 heavy (non-hydrogen) atoms. The van der Waals surface area contributed by atoms with Crippen molar-refractivity contribution in [1.29, 1.82) is 0 Å². The van der Waals surface area contributed by atoms with Gasteiger partial charge < -0.3 is 19.7 Å². The van der Waals surface area contributed by atoms with Crippen molar-refractivity contribution in [2.24, 2.45) is 0 Å². The Bertz CT molecular complexity index is 1190. The Morgan fingerprint density at radius 2 is 2.03 bits per heavy atom. The molecule has 2 aliphatic heterocycles. The Labute approximate surface area is 217 Å². The summed E-state index contributed by atoms with van der Waals surface area (Å²) in [6.45, 7) is 18.8. The predicted molar refractivity (Wildman–Crippen MR) is 141 cm³/mol. The van der Waals surface area contributed by atoms with E-state index in [1.807, 2.05) is 29.5 Å². The van der Waals surface area contributed by atoms with E-state index >= 15 is 0 Å². The number of likely N-dealkylation sites (N-methyl/N-ethyl adjacent to an activating group) is 1. The number of amides is 3. The lowest BCUT2D eigenvalue weighted by Gasteiger charge is -2.39. The molecule has 1 N–H and O–H groups in total. The number of carbonyl (C=O) groups excluding carboxylic acids is 2. The van der Waals surface area contributed by atoms with E-state index in [-0.39, 0.29) is 30.1 Å². The molecule has 0 aliphatic carbocycles. The Balaban J connectivity index is 1.42. The number of rotatable bonds is 8. The summed E-state index contributed by atoms with van der Waals surface area (Å²) in [6.07, 6.45) is 5.17. The highest BCUT2D eigenvalue weighted by atomic mass is 16.2. The Hall–Kier alpha value is -3.80. The van der Waals surface area contributed by atoms with Gasteiger partial charge in [-0.25, -0.2) is 9.78 Å². The molecule has 2 fully saturated rings. The second-order valence-corrected chi connectivity index (χ2v) is 9.88. The summed E-state index contributed by atoms with van der Waals surface area (Å²) < 4.78 is 2.03. The first-order valence-corrected chi connectivity index (χ1v) is 12.4. The van der Waals surface area contributed by atoms with Crippen molar-refractivity contribution < 1.29 is 9.59 Å². The zero-order chi connectivity index (χ0) is 26.9. The van der Waals surface area contributed by atoms with Crippen LogP contribution in [0, 0.1) is 6.92 Å². The summed E-state index contributed by atoms with van der Waals surface area (Å²) in [5, 5.41) is 3.30. The highest BCUT2D eigenvalue weighted by Crippen LogP contribution is 2.26. The van der Waals surface area contributed by atoms with Crippen LogP contribution in [0.3, 0.4) is 0 Å².